The lowest BCUT2D eigenvalue weighted by molar-refractivity contribution is 0.309. The van der Waals surface area contributed by atoms with Gasteiger partial charge in [-0.1, -0.05) is 55.3 Å². The number of hydrogen-bond donors (Lipinski definition) is 1. The molecule has 5 rings (SSSR count). The van der Waals surface area contributed by atoms with E-state index in [1.54, 1.807) is 41.1 Å². The van der Waals surface area contributed by atoms with E-state index in [0.717, 1.165) is 24.1 Å². The van der Waals surface area contributed by atoms with E-state index in [9.17, 15) is 10.1 Å². The number of nitriles is 1. The molecule has 188 valence electrons. The third-order valence-electron chi connectivity index (χ3n) is 6.01. The van der Waals surface area contributed by atoms with Gasteiger partial charge in [0.1, 0.15) is 17.5 Å². The van der Waals surface area contributed by atoms with Crippen molar-refractivity contribution in [2.75, 3.05) is 6.61 Å². The lowest BCUT2D eigenvalue weighted by atomic mass is 10.1. The summed E-state index contributed by atoms with van der Waals surface area (Å²) >= 11 is 6.56. The molecular formula is C30H24ClN5O2. The minimum Gasteiger partial charge on any atom is -0.492 e. The largest absolute Gasteiger partial charge is 0.492 e. The van der Waals surface area contributed by atoms with Crippen LogP contribution in [-0.4, -0.2) is 26.4 Å². The molecule has 0 saturated heterocycles. The molecule has 0 radical (unpaired) electrons. The van der Waals surface area contributed by atoms with E-state index in [-0.39, 0.29) is 17.0 Å². The molecule has 0 saturated carbocycles. The van der Waals surface area contributed by atoms with Crippen LogP contribution in [0.25, 0.3) is 39.5 Å². The average molecular weight is 522 g/mol. The molecule has 7 nitrogen and oxygen atoms in total. The summed E-state index contributed by atoms with van der Waals surface area (Å²) in [6, 6.07) is 24.4. The quantitative estimate of drug-likeness (QED) is 0.181. The summed E-state index contributed by atoms with van der Waals surface area (Å²) < 4.78 is 7.55. The van der Waals surface area contributed by atoms with Crippen LogP contribution in [0.15, 0.2) is 83.8 Å². The Hall–Kier alpha value is -4.67. The maximum absolute atomic E-state index is 12.6. The van der Waals surface area contributed by atoms with E-state index in [1.165, 1.54) is 0 Å². The van der Waals surface area contributed by atoms with Gasteiger partial charge in [0, 0.05) is 17.3 Å². The van der Waals surface area contributed by atoms with E-state index in [4.69, 9.17) is 21.4 Å². The average Bonchev–Trinajstić information content (AvgIpc) is 3.37. The molecule has 0 atom stereocenters. The number of hydrogen-bond acceptors (Lipinski definition) is 5. The zero-order valence-electron chi connectivity index (χ0n) is 20.7. The van der Waals surface area contributed by atoms with Crippen molar-refractivity contribution >= 4 is 34.2 Å². The summed E-state index contributed by atoms with van der Waals surface area (Å²) in [6.45, 7) is 2.69. The number of nitrogens with one attached hydrogen (secondary N) is 1. The number of rotatable bonds is 8. The SMILES string of the molecule is CCCCOc1ccc(-c2nn(-c3ccccc3)cc2C=C(C#N)c2nc3ccccc3c(=O)[nH]2)cc1Cl. The van der Waals surface area contributed by atoms with E-state index >= 15 is 0 Å². The van der Waals surface area contributed by atoms with E-state index in [1.807, 2.05) is 48.7 Å². The smallest absolute Gasteiger partial charge is 0.259 e. The number of ether oxygens (including phenoxy) is 1. The number of halogens is 1. The molecule has 0 aliphatic heterocycles. The van der Waals surface area contributed by atoms with Gasteiger partial charge in [0.05, 0.1) is 33.8 Å². The molecule has 2 heterocycles. The molecule has 2 aromatic heterocycles. The maximum Gasteiger partial charge on any atom is 0.259 e. The number of aromatic nitrogens is 4. The highest BCUT2D eigenvalue weighted by Crippen LogP contribution is 2.33. The number of fused-ring (bicyclic) bond motifs is 1. The zero-order chi connectivity index (χ0) is 26.5. The Labute approximate surface area is 224 Å². The predicted molar refractivity (Wildman–Crippen MR) is 150 cm³/mol. The van der Waals surface area contributed by atoms with E-state index in [2.05, 4.69) is 23.0 Å². The van der Waals surface area contributed by atoms with Crippen LogP contribution in [0, 0.1) is 11.3 Å². The van der Waals surface area contributed by atoms with Gasteiger partial charge in [-0.25, -0.2) is 9.67 Å². The van der Waals surface area contributed by atoms with Crippen molar-refractivity contribution in [3.05, 3.63) is 106 Å². The van der Waals surface area contributed by atoms with Gasteiger partial charge in [0.25, 0.3) is 5.56 Å². The molecular weight excluding hydrogens is 498 g/mol. The zero-order valence-corrected chi connectivity index (χ0v) is 21.4. The molecule has 38 heavy (non-hydrogen) atoms. The Balaban J connectivity index is 1.62. The van der Waals surface area contributed by atoms with Gasteiger partial charge in [-0.15, -0.1) is 0 Å². The highest BCUT2D eigenvalue weighted by molar-refractivity contribution is 6.32. The molecule has 0 spiro atoms. The maximum atomic E-state index is 12.6. The van der Waals surface area contributed by atoms with Crippen LogP contribution in [0.3, 0.4) is 0 Å². The first kappa shape index (κ1) is 25.0. The van der Waals surface area contributed by atoms with E-state index in [0.29, 0.717) is 39.5 Å². The second-order valence-electron chi connectivity index (χ2n) is 8.66. The van der Waals surface area contributed by atoms with Crippen LogP contribution < -0.4 is 10.3 Å². The van der Waals surface area contributed by atoms with Crippen LogP contribution in [0.2, 0.25) is 5.02 Å². The fraction of sp³-hybridized carbons (Fsp3) is 0.133. The third-order valence-corrected chi connectivity index (χ3v) is 6.31. The lowest BCUT2D eigenvalue weighted by Gasteiger charge is -2.09. The minimum atomic E-state index is -0.308. The second-order valence-corrected chi connectivity index (χ2v) is 9.07. The van der Waals surface area contributed by atoms with Crippen molar-refractivity contribution in [1.82, 2.24) is 19.7 Å². The number of para-hydroxylation sites is 2. The lowest BCUT2D eigenvalue weighted by Crippen LogP contribution is -2.11. The fourth-order valence-corrected chi connectivity index (χ4v) is 4.28. The van der Waals surface area contributed by atoms with Gasteiger partial charge in [-0.3, -0.25) is 4.79 Å². The van der Waals surface area contributed by atoms with Crippen molar-refractivity contribution < 1.29 is 4.74 Å². The number of H-pyrrole nitrogens is 1. The summed E-state index contributed by atoms with van der Waals surface area (Å²) in [4.78, 5) is 19.9. The van der Waals surface area contributed by atoms with Crippen molar-refractivity contribution in [3.63, 3.8) is 0 Å². The number of aromatic amines is 1. The van der Waals surface area contributed by atoms with Crippen molar-refractivity contribution in [2.24, 2.45) is 0 Å². The predicted octanol–water partition coefficient (Wildman–Crippen LogP) is 6.67. The van der Waals surface area contributed by atoms with Gasteiger partial charge in [-0.05, 0) is 55.0 Å². The fourth-order valence-electron chi connectivity index (χ4n) is 4.04. The number of benzene rings is 3. The van der Waals surface area contributed by atoms with Crippen LogP contribution in [-0.2, 0) is 0 Å². The van der Waals surface area contributed by atoms with Crippen LogP contribution in [0.4, 0.5) is 0 Å². The first-order chi connectivity index (χ1) is 18.6. The molecule has 5 aromatic rings. The monoisotopic (exact) mass is 521 g/mol. The van der Waals surface area contributed by atoms with Crippen molar-refractivity contribution in [2.45, 2.75) is 19.8 Å². The molecule has 0 aliphatic carbocycles. The summed E-state index contributed by atoms with van der Waals surface area (Å²) in [5.74, 6) is 0.798. The van der Waals surface area contributed by atoms with Crippen LogP contribution in [0.5, 0.6) is 5.75 Å². The van der Waals surface area contributed by atoms with Crippen molar-refractivity contribution in [1.29, 1.82) is 5.26 Å². The summed E-state index contributed by atoms with van der Waals surface area (Å²) in [5, 5.41) is 15.8. The van der Waals surface area contributed by atoms with Crippen LogP contribution >= 0.6 is 11.6 Å². The van der Waals surface area contributed by atoms with Gasteiger partial charge >= 0.3 is 0 Å². The second kappa shape index (κ2) is 11.2. The van der Waals surface area contributed by atoms with Crippen LogP contribution in [0.1, 0.15) is 31.2 Å². The Morgan fingerprint density at radius 2 is 1.92 bits per heavy atom. The Morgan fingerprint density at radius 3 is 2.68 bits per heavy atom. The molecule has 1 N–H and O–H groups in total. The van der Waals surface area contributed by atoms with Gasteiger partial charge in [0.2, 0.25) is 0 Å². The number of nitrogens with zero attached hydrogens (tertiary/aromatic N) is 4. The normalized spacial score (nSPS) is 11.4. The standard InChI is InChI=1S/C30H24ClN5O2/c1-2-3-15-38-27-14-13-20(17-25(27)31)28-22(19-36(35-28)23-9-5-4-6-10-23)16-21(18-32)29-33-26-12-8-7-11-24(26)30(37)34-29/h4-14,16-17,19H,2-3,15H2,1H3,(H,33,34,37). The molecule has 3 aromatic carbocycles. The Kier molecular flexibility index (Phi) is 7.34. The Morgan fingerprint density at radius 1 is 1.13 bits per heavy atom. The molecule has 0 bridgehead atoms. The highest BCUT2D eigenvalue weighted by Gasteiger charge is 2.16. The topological polar surface area (TPSA) is 96.6 Å². The summed E-state index contributed by atoms with van der Waals surface area (Å²) in [6.07, 6.45) is 5.48. The molecule has 8 heteroatoms. The first-order valence-corrected chi connectivity index (χ1v) is 12.6. The number of allylic oxidation sites excluding steroid dienone is 1. The summed E-state index contributed by atoms with van der Waals surface area (Å²) in [7, 11) is 0. The van der Waals surface area contributed by atoms with E-state index < -0.39 is 0 Å². The molecule has 0 aliphatic rings. The molecule has 0 amide bonds. The van der Waals surface area contributed by atoms with Gasteiger partial charge in [-0.2, -0.15) is 10.4 Å². The number of unbranched alkanes of at least 4 members (excludes halogenated alkanes) is 1. The Bertz CT molecular complexity index is 1730. The summed E-state index contributed by atoms with van der Waals surface area (Å²) in [5.41, 5.74) is 3.30. The first-order valence-electron chi connectivity index (χ1n) is 12.3. The molecule has 0 fully saturated rings. The molecule has 0 unspecified atom stereocenters. The highest BCUT2D eigenvalue weighted by atomic mass is 35.5. The van der Waals surface area contributed by atoms with Gasteiger partial charge in [0.15, 0.2) is 5.82 Å². The minimum absolute atomic E-state index is 0.187. The van der Waals surface area contributed by atoms with Crippen molar-refractivity contribution in [3.8, 4) is 28.8 Å². The third kappa shape index (κ3) is 5.22. The van der Waals surface area contributed by atoms with Gasteiger partial charge < -0.3 is 9.72 Å².